The number of allylic oxidation sites excluding steroid dienone is 4. The molecule has 0 aromatic rings. The standard InChI is InChI=1S/C19H26O2/c1-18-9-7-13(20)11-12(18)3-4-14-15-5-6-17(21)19(15,2)10-8-16(14)18/h3-4,7,9,13,15-17,20-21H,5-6,8,10-11H2,1-2H3/t13?,15-,16+,17?,18-,19-/m0/s1. The summed E-state index contributed by atoms with van der Waals surface area (Å²) >= 11 is 0. The molecule has 2 fully saturated rings. The van der Waals surface area contributed by atoms with Crippen molar-refractivity contribution in [1.29, 1.82) is 0 Å². The molecule has 6 atom stereocenters. The van der Waals surface area contributed by atoms with E-state index in [1.807, 2.05) is 6.08 Å². The second-order valence-corrected chi connectivity index (χ2v) is 8.01. The predicted molar refractivity (Wildman–Crippen MR) is 83.6 cm³/mol. The summed E-state index contributed by atoms with van der Waals surface area (Å²) in [6.45, 7) is 4.63. The molecule has 0 aromatic heterocycles. The number of hydrogen-bond acceptors (Lipinski definition) is 2. The summed E-state index contributed by atoms with van der Waals surface area (Å²) in [5.41, 5.74) is 3.11. The molecule has 4 aliphatic carbocycles. The van der Waals surface area contributed by atoms with E-state index in [4.69, 9.17) is 0 Å². The Morgan fingerprint density at radius 1 is 1.05 bits per heavy atom. The predicted octanol–water partition coefficient (Wildman–Crippen LogP) is 3.37. The van der Waals surface area contributed by atoms with Crippen LogP contribution in [-0.4, -0.2) is 22.4 Å². The van der Waals surface area contributed by atoms with Crippen LogP contribution in [0.5, 0.6) is 0 Å². The summed E-state index contributed by atoms with van der Waals surface area (Å²) in [7, 11) is 0. The van der Waals surface area contributed by atoms with E-state index in [9.17, 15) is 10.2 Å². The van der Waals surface area contributed by atoms with E-state index in [-0.39, 0.29) is 23.0 Å². The van der Waals surface area contributed by atoms with Gasteiger partial charge < -0.3 is 10.2 Å². The molecule has 0 radical (unpaired) electrons. The van der Waals surface area contributed by atoms with Gasteiger partial charge in [0.05, 0.1) is 12.2 Å². The molecule has 0 aromatic carbocycles. The van der Waals surface area contributed by atoms with Crippen molar-refractivity contribution >= 4 is 0 Å². The van der Waals surface area contributed by atoms with Crippen molar-refractivity contribution in [3.63, 3.8) is 0 Å². The molecule has 2 unspecified atom stereocenters. The van der Waals surface area contributed by atoms with Gasteiger partial charge in [-0.25, -0.2) is 0 Å². The van der Waals surface area contributed by atoms with Crippen molar-refractivity contribution in [2.45, 2.75) is 58.2 Å². The molecular weight excluding hydrogens is 260 g/mol. The Labute approximate surface area is 127 Å². The van der Waals surface area contributed by atoms with Gasteiger partial charge in [-0.2, -0.15) is 0 Å². The van der Waals surface area contributed by atoms with Gasteiger partial charge in [0, 0.05) is 10.8 Å². The third-order valence-electron chi connectivity index (χ3n) is 7.05. The molecule has 0 heterocycles. The average Bonchev–Trinajstić information content (AvgIpc) is 2.76. The summed E-state index contributed by atoms with van der Waals surface area (Å²) < 4.78 is 0. The van der Waals surface area contributed by atoms with Crippen molar-refractivity contribution < 1.29 is 10.2 Å². The van der Waals surface area contributed by atoms with E-state index >= 15 is 0 Å². The smallest absolute Gasteiger partial charge is 0.0758 e. The third kappa shape index (κ3) is 1.72. The van der Waals surface area contributed by atoms with Crippen LogP contribution >= 0.6 is 0 Å². The zero-order valence-corrected chi connectivity index (χ0v) is 13.0. The molecule has 4 aliphatic rings. The van der Waals surface area contributed by atoms with E-state index in [0.717, 1.165) is 32.1 Å². The zero-order chi connectivity index (χ0) is 14.8. The topological polar surface area (TPSA) is 40.5 Å². The Kier molecular flexibility index (Phi) is 2.84. The molecule has 2 nitrogen and oxygen atoms in total. The molecule has 0 aliphatic heterocycles. The first kappa shape index (κ1) is 13.8. The summed E-state index contributed by atoms with van der Waals surface area (Å²) in [6, 6.07) is 0. The highest BCUT2D eigenvalue weighted by Gasteiger charge is 2.55. The van der Waals surface area contributed by atoms with Crippen LogP contribution in [0.15, 0.2) is 35.5 Å². The molecule has 0 spiro atoms. The molecular formula is C19H26O2. The fraction of sp³-hybridized carbons (Fsp3) is 0.684. The third-order valence-corrected chi connectivity index (χ3v) is 7.05. The van der Waals surface area contributed by atoms with Gasteiger partial charge in [0.25, 0.3) is 0 Å². The number of hydrogen-bond donors (Lipinski definition) is 2. The SMILES string of the molecule is C[C@]12C=CC(O)CC1=CC=C1[C@H]2CC[C@]2(C)C(O)CC[C@@H]12. The van der Waals surface area contributed by atoms with Gasteiger partial charge >= 0.3 is 0 Å². The van der Waals surface area contributed by atoms with Gasteiger partial charge in [-0.05, 0) is 43.9 Å². The molecule has 114 valence electrons. The van der Waals surface area contributed by atoms with E-state index in [2.05, 4.69) is 32.1 Å². The minimum atomic E-state index is -0.318. The van der Waals surface area contributed by atoms with E-state index in [1.165, 1.54) is 5.57 Å². The summed E-state index contributed by atoms with van der Waals surface area (Å²) in [5, 5.41) is 20.3. The normalized spacial score (nSPS) is 51.6. The van der Waals surface area contributed by atoms with Crippen LogP contribution in [0.1, 0.15) is 46.0 Å². The van der Waals surface area contributed by atoms with E-state index < -0.39 is 0 Å². The Morgan fingerprint density at radius 3 is 2.67 bits per heavy atom. The van der Waals surface area contributed by atoms with Crippen LogP contribution in [-0.2, 0) is 0 Å². The highest BCUT2D eigenvalue weighted by Crippen LogP contribution is 2.62. The molecule has 0 amide bonds. The lowest BCUT2D eigenvalue weighted by atomic mass is 9.52. The van der Waals surface area contributed by atoms with Crippen molar-refractivity contribution in [1.82, 2.24) is 0 Å². The van der Waals surface area contributed by atoms with E-state index in [1.54, 1.807) is 5.57 Å². The lowest BCUT2D eigenvalue weighted by Crippen LogP contribution is -2.45. The largest absolute Gasteiger partial charge is 0.393 e. The molecule has 2 heteroatoms. The molecule has 2 saturated carbocycles. The minimum absolute atomic E-state index is 0.0815. The van der Waals surface area contributed by atoms with E-state index in [0.29, 0.717) is 11.8 Å². The lowest BCUT2D eigenvalue weighted by Gasteiger charge is -2.52. The van der Waals surface area contributed by atoms with Gasteiger partial charge in [0.1, 0.15) is 0 Å². The van der Waals surface area contributed by atoms with Crippen molar-refractivity contribution in [3.05, 3.63) is 35.5 Å². The van der Waals surface area contributed by atoms with Crippen molar-refractivity contribution in [2.75, 3.05) is 0 Å². The van der Waals surface area contributed by atoms with Crippen LogP contribution in [0, 0.1) is 22.7 Å². The molecule has 21 heavy (non-hydrogen) atoms. The number of aliphatic hydroxyl groups is 2. The van der Waals surface area contributed by atoms with Gasteiger partial charge in [0.15, 0.2) is 0 Å². The highest BCUT2D eigenvalue weighted by atomic mass is 16.3. The molecule has 0 bridgehead atoms. The Morgan fingerprint density at radius 2 is 1.86 bits per heavy atom. The first-order valence-corrected chi connectivity index (χ1v) is 8.42. The Balaban J connectivity index is 1.77. The van der Waals surface area contributed by atoms with Crippen LogP contribution in [0.4, 0.5) is 0 Å². The molecule has 2 N–H and O–H groups in total. The van der Waals surface area contributed by atoms with Crippen LogP contribution in [0.25, 0.3) is 0 Å². The second-order valence-electron chi connectivity index (χ2n) is 8.01. The summed E-state index contributed by atoms with van der Waals surface area (Å²) in [5.74, 6) is 1.10. The first-order chi connectivity index (χ1) is 9.95. The fourth-order valence-electron chi connectivity index (χ4n) is 5.56. The minimum Gasteiger partial charge on any atom is -0.393 e. The molecule has 0 saturated heterocycles. The number of aliphatic hydroxyl groups excluding tert-OH is 2. The van der Waals surface area contributed by atoms with Crippen molar-refractivity contribution in [2.24, 2.45) is 22.7 Å². The first-order valence-electron chi connectivity index (χ1n) is 8.42. The monoisotopic (exact) mass is 286 g/mol. The Hall–Kier alpha value is -0.860. The van der Waals surface area contributed by atoms with Gasteiger partial charge in [-0.3, -0.25) is 0 Å². The maximum atomic E-state index is 10.4. The van der Waals surface area contributed by atoms with Gasteiger partial charge in [0.2, 0.25) is 0 Å². The fourth-order valence-corrected chi connectivity index (χ4v) is 5.56. The summed E-state index contributed by atoms with van der Waals surface area (Å²) in [4.78, 5) is 0. The number of fused-ring (bicyclic) bond motifs is 5. The van der Waals surface area contributed by atoms with Crippen LogP contribution < -0.4 is 0 Å². The summed E-state index contributed by atoms with van der Waals surface area (Å²) in [6.07, 6.45) is 13.5. The maximum absolute atomic E-state index is 10.4. The second kappa shape index (κ2) is 4.33. The van der Waals surface area contributed by atoms with Crippen molar-refractivity contribution in [3.8, 4) is 0 Å². The lowest BCUT2D eigenvalue weighted by molar-refractivity contribution is 0.0127. The highest BCUT2D eigenvalue weighted by molar-refractivity contribution is 5.42. The molecule has 4 rings (SSSR count). The van der Waals surface area contributed by atoms with Crippen LogP contribution in [0.2, 0.25) is 0 Å². The van der Waals surface area contributed by atoms with Crippen LogP contribution in [0.3, 0.4) is 0 Å². The zero-order valence-electron chi connectivity index (χ0n) is 13.0. The quantitative estimate of drug-likeness (QED) is 0.670. The Bertz CT molecular complexity index is 558. The number of rotatable bonds is 0. The maximum Gasteiger partial charge on any atom is 0.0758 e. The van der Waals surface area contributed by atoms with Gasteiger partial charge in [-0.1, -0.05) is 49.3 Å². The van der Waals surface area contributed by atoms with Gasteiger partial charge in [-0.15, -0.1) is 0 Å². The average molecular weight is 286 g/mol.